The van der Waals surface area contributed by atoms with Gasteiger partial charge in [-0.1, -0.05) is 25.4 Å². The van der Waals surface area contributed by atoms with Crippen LogP contribution in [0, 0.1) is 0 Å². The van der Waals surface area contributed by atoms with Gasteiger partial charge in [0.15, 0.2) is 0 Å². The Morgan fingerprint density at radius 1 is 1.19 bits per heavy atom. The summed E-state index contributed by atoms with van der Waals surface area (Å²) in [6.45, 7) is 3.86. The van der Waals surface area contributed by atoms with Crippen LogP contribution in [0.2, 0.25) is 5.15 Å². The number of aryl methyl sites for hydroxylation is 2. The number of aromatic nitrogens is 4. The van der Waals surface area contributed by atoms with Crippen molar-refractivity contribution in [3.05, 3.63) is 34.9 Å². The van der Waals surface area contributed by atoms with Crippen molar-refractivity contribution in [3.63, 3.8) is 0 Å². The summed E-state index contributed by atoms with van der Waals surface area (Å²) in [6.07, 6.45) is 2.65. The normalized spacial score (nSPS) is 11.4. The van der Waals surface area contributed by atoms with Gasteiger partial charge >= 0.3 is 0 Å². The van der Waals surface area contributed by atoms with Gasteiger partial charge in [0.05, 0.1) is 16.3 Å². The molecule has 0 unspecified atom stereocenters. The van der Waals surface area contributed by atoms with E-state index in [-0.39, 0.29) is 16.0 Å². The maximum absolute atomic E-state index is 12.2. The fourth-order valence-electron chi connectivity index (χ4n) is 1.71. The van der Waals surface area contributed by atoms with E-state index in [9.17, 15) is 8.42 Å². The minimum Gasteiger partial charge on any atom is -0.246 e. The zero-order valence-corrected chi connectivity index (χ0v) is 13.1. The summed E-state index contributed by atoms with van der Waals surface area (Å²) in [5, 5.41) is 7.87. The topological polar surface area (TPSA) is 97.7 Å². The van der Waals surface area contributed by atoms with E-state index in [0.717, 1.165) is 11.4 Å². The summed E-state index contributed by atoms with van der Waals surface area (Å²) in [5.74, 6) is -0.0583. The highest BCUT2D eigenvalue weighted by atomic mass is 35.5. The summed E-state index contributed by atoms with van der Waals surface area (Å²) >= 11 is 5.69. The molecule has 0 radical (unpaired) electrons. The molecule has 0 aliphatic heterocycles. The van der Waals surface area contributed by atoms with Crippen molar-refractivity contribution in [1.29, 1.82) is 0 Å². The number of hydrogen-bond donors (Lipinski definition) is 1. The lowest BCUT2D eigenvalue weighted by atomic mass is 10.2. The summed E-state index contributed by atoms with van der Waals surface area (Å²) < 4.78 is 26.7. The number of halogens is 1. The van der Waals surface area contributed by atoms with E-state index in [2.05, 4.69) is 24.9 Å². The molecule has 0 bridgehead atoms. The van der Waals surface area contributed by atoms with E-state index < -0.39 is 10.0 Å². The molecule has 2 aromatic rings. The van der Waals surface area contributed by atoms with Crippen molar-refractivity contribution >= 4 is 27.6 Å². The molecule has 7 nitrogen and oxygen atoms in total. The minimum atomic E-state index is -3.82. The van der Waals surface area contributed by atoms with Crippen LogP contribution in [0.15, 0.2) is 23.2 Å². The van der Waals surface area contributed by atoms with Crippen LogP contribution in [0.25, 0.3) is 0 Å². The van der Waals surface area contributed by atoms with E-state index in [1.807, 2.05) is 13.8 Å². The first-order chi connectivity index (χ1) is 9.96. The third kappa shape index (κ3) is 3.64. The van der Waals surface area contributed by atoms with Crippen LogP contribution in [0.1, 0.15) is 25.2 Å². The van der Waals surface area contributed by atoms with E-state index >= 15 is 0 Å². The quantitative estimate of drug-likeness (QED) is 0.841. The Labute approximate surface area is 127 Å². The highest BCUT2D eigenvalue weighted by molar-refractivity contribution is 7.92. The van der Waals surface area contributed by atoms with Gasteiger partial charge in [-0.05, 0) is 25.0 Å². The van der Waals surface area contributed by atoms with Crippen LogP contribution in [0.3, 0.4) is 0 Å². The van der Waals surface area contributed by atoms with Crippen LogP contribution >= 0.6 is 11.6 Å². The highest BCUT2D eigenvalue weighted by Gasteiger charge is 2.17. The largest absolute Gasteiger partial charge is 0.264 e. The van der Waals surface area contributed by atoms with Crippen molar-refractivity contribution < 1.29 is 8.42 Å². The number of pyridine rings is 1. The first kappa shape index (κ1) is 15.6. The molecule has 0 aromatic carbocycles. The van der Waals surface area contributed by atoms with Gasteiger partial charge in [0.2, 0.25) is 0 Å². The fraction of sp³-hybridized carbons (Fsp3) is 0.333. The summed E-state index contributed by atoms with van der Waals surface area (Å²) in [7, 11) is -3.82. The molecule has 0 aliphatic carbocycles. The molecular weight excluding hydrogens is 314 g/mol. The Balaban J connectivity index is 2.33. The third-order valence-electron chi connectivity index (χ3n) is 2.74. The highest BCUT2D eigenvalue weighted by Crippen LogP contribution is 2.16. The lowest BCUT2D eigenvalue weighted by Gasteiger charge is -2.08. The maximum Gasteiger partial charge on any atom is 0.264 e. The summed E-state index contributed by atoms with van der Waals surface area (Å²) in [4.78, 5) is 7.91. The van der Waals surface area contributed by atoms with Crippen molar-refractivity contribution in [2.75, 3.05) is 4.72 Å². The van der Waals surface area contributed by atoms with Gasteiger partial charge in [-0.2, -0.15) is 0 Å². The van der Waals surface area contributed by atoms with Crippen molar-refractivity contribution in [2.45, 2.75) is 31.6 Å². The second-order valence-electron chi connectivity index (χ2n) is 4.16. The smallest absolute Gasteiger partial charge is 0.246 e. The lowest BCUT2D eigenvalue weighted by Crippen LogP contribution is -2.17. The van der Waals surface area contributed by atoms with Crippen LogP contribution in [0.5, 0.6) is 0 Å². The molecule has 2 rings (SSSR count). The first-order valence-corrected chi connectivity index (χ1v) is 8.19. The molecule has 2 aromatic heterocycles. The third-order valence-corrected chi connectivity index (χ3v) is 4.28. The number of hydrogen-bond acceptors (Lipinski definition) is 6. The molecule has 0 aliphatic rings. The van der Waals surface area contributed by atoms with Crippen molar-refractivity contribution in [3.8, 4) is 0 Å². The Bertz CT molecular complexity index is 751. The first-order valence-electron chi connectivity index (χ1n) is 6.33. The number of nitrogens with one attached hydrogen (secondary N) is 1. The zero-order chi connectivity index (χ0) is 15.5. The van der Waals surface area contributed by atoms with E-state index in [1.165, 1.54) is 18.3 Å². The van der Waals surface area contributed by atoms with Crippen LogP contribution in [-0.4, -0.2) is 28.6 Å². The van der Waals surface area contributed by atoms with Gasteiger partial charge in [-0.25, -0.2) is 23.1 Å². The average molecular weight is 328 g/mol. The SMILES string of the molecule is CCc1nnc(NS(=O)(=O)c2ccnc(Cl)c2)nc1CC. The maximum atomic E-state index is 12.2. The number of anilines is 1. The fourth-order valence-corrected chi connectivity index (χ4v) is 2.90. The average Bonchev–Trinajstić information content (AvgIpc) is 2.46. The molecule has 1 N–H and O–H groups in total. The molecule has 0 saturated heterocycles. The molecule has 112 valence electrons. The predicted octanol–water partition coefficient (Wildman–Crippen LogP) is 1.85. The monoisotopic (exact) mass is 327 g/mol. The van der Waals surface area contributed by atoms with Gasteiger partial charge in [-0.15, -0.1) is 10.2 Å². The minimum absolute atomic E-state index is 0.0104. The molecule has 9 heteroatoms. The molecule has 0 saturated carbocycles. The van der Waals surface area contributed by atoms with E-state index in [4.69, 9.17) is 11.6 Å². The summed E-state index contributed by atoms with van der Waals surface area (Å²) in [5.41, 5.74) is 1.48. The Morgan fingerprint density at radius 3 is 2.52 bits per heavy atom. The van der Waals surface area contributed by atoms with Gasteiger partial charge in [0.1, 0.15) is 5.15 Å². The summed E-state index contributed by atoms with van der Waals surface area (Å²) in [6, 6.07) is 2.58. The molecule has 0 fully saturated rings. The number of nitrogens with zero attached hydrogens (tertiary/aromatic N) is 4. The van der Waals surface area contributed by atoms with Crippen LogP contribution in [0.4, 0.5) is 5.95 Å². The van der Waals surface area contributed by atoms with Crippen LogP contribution < -0.4 is 4.72 Å². The molecule has 21 heavy (non-hydrogen) atoms. The Hall–Kier alpha value is -1.80. The molecule has 0 amide bonds. The second kappa shape index (κ2) is 6.31. The van der Waals surface area contributed by atoms with E-state index in [0.29, 0.717) is 12.8 Å². The molecule has 2 heterocycles. The standard InChI is InChI=1S/C12H14ClN5O2S/c1-3-9-10(4-2)16-17-12(15-9)18-21(19,20)8-5-6-14-11(13)7-8/h5-7H,3-4H2,1-2H3,(H,15,17,18). The van der Waals surface area contributed by atoms with Gasteiger partial charge in [0.25, 0.3) is 16.0 Å². The number of sulfonamides is 1. The second-order valence-corrected chi connectivity index (χ2v) is 6.23. The molecule has 0 atom stereocenters. The predicted molar refractivity (Wildman–Crippen MR) is 78.6 cm³/mol. The molecular formula is C12H14ClN5O2S. The Kier molecular flexibility index (Phi) is 4.69. The molecule has 0 spiro atoms. The van der Waals surface area contributed by atoms with Gasteiger partial charge in [0, 0.05) is 6.20 Å². The van der Waals surface area contributed by atoms with Crippen LogP contribution in [-0.2, 0) is 22.9 Å². The van der Waals surface area contributed by atoms with Crippen molar-refractivity contribution in [2.24, 2.45) is 0 Å². The Morgan fingerprint density at radius 2 is 1.90 bits per heavy atom. The zero-order valence-electron chi connectivity index (χ0n) is 11.5. The number of rotatable bonds is 5. The van der Waals surface area contributed by atoms with Gasteiger partial charge in [-0.3, -0.25) is 0 Å². The van der Waals surface area contributed by atoms with Gasteiger partial charge < -0.3 is 0 Å². The van der Waals surface area contributed by atoms with Crippen molar-refractivity contribution in [1.82, 2.24) is 20.2 Å². The lowest BCUT2D eigenvalue weighted by molar-refractivity contribution is 0.600. The van der Waals surface area contributed by atoms with E-state index in [1.54, 1.807) is 0 Å².